The van der Waals surface area contributed by atoms with E-state index in [9.17, 15) is 9.59 Å². The van der Waals surface area contributed by atoms with Crippen molar-refractivity contribution in [2.45, 2.75) is 50.4 Å². The number of likely N-dealkylation sites (tertiary alicyclic amines) is 1. The molecule has 2 saturated carbocycles. The number of hydrogen-bond acceptors (Lipinski definition) is 5. The Kier molecular flexibility index (Phi) is 3.91. The lowest BCUT2D eigenvalue weighted by Gasteiger charge is -2.32. The van der Waals surface area contributed by atoms with Crippen LogP contribution in [-0.2, 0) is 4.79 Å². The molecule has 3 aliphatic rings. The molecule has 5 rings (SSSR count). The van der Waals surface area contributed by atoms with Gasteiger partial charge in [-0.2, -0.15) is 0 Å². The van der Waals surface area contributed by atoms with Gasteiger partial charge in [0.25, 0.3) is 11.6 Å². The number of carbonyl (C=O) groups is 2. The van der Waals surface area contributed by atoms with Crippen molar-refractivity contribution in [3.05, 3.63) is 23.0 Å². The number of rotatable bonds is 4. The number of amides is 2. The smallest absolute Gasteiger partial charge is 0.259 e. The lowest BCUT2D eigenvalue weighted by atomic mass is 9.91. The van der Waals surface area contributed by atoms with Crippen LogP contribution in [0.5, 0.6) is 0 Å². The van der Waals surface area contributed by atoms with Crippen molar-refractivity contribution in [3.63, 3.8) is 0 Å². The Morgan fingerprint density at radius 1 is 1.19 bits per heavy atom. The quantitative estimate of drug-likeness (QED) is 0.896. The minimum absolute atomic E-state index is 0.0830. The van der Waals surface area contributed by atoms with Crippen molar-refractivity contribution in [3.8, 4) is 0 Å². The molecule has 0 aromatic carbocycles. The standard InChI is InChI=1S/C20H24N4O3/c1-21-18(25)14-9-15(11-4-5-11)22-19-16(14)17(23-27-19)13-3-2-8-24(10-13)20(26)12-6-7-12/h9,11-13H,2-8,10H2,1H3,(H,21,25). The van der Waals surface area contributed by atoms with Crippen molar-refractivity contribution in [1.29, 1.82) is 0 Å². The summed E-state index contributed by atoms with van der Waals surface area (Å²) in [6, 6.07) is 1.90. The van der Waals surface area contributed by atoms with Gasteiger partial charge < -0.3 is 14.7 Å². The minimum Gasteiger partial charge on any atom is -0.355 e. The zero-order chi connectivity index (χ0) is 18.5. The van der Waals surface area contributed by atoms with Gasteiger partial charge in [-0.1, -0.05) is 5.16 Å². The predicted molar refractivity (Wildman–Crippen MR) is 98.4 cm³/mol. The van der Waals surface area contributed by atoms with Crippen LogP contribution in [0.4, 0.5) is 0 Å². The van der Waals surface area contributed by atoms with Gasteiger partial charge in [-0.3, -0.25) is 9.59 Å². The Hall–Kier alpha value is -2.44. The Labute approximate surface area is 157 Å². The van der Waals surface area contributed by atoms with Gasteiger partial charge in [-0.25, -0.2) is 4.98 Å². The summed E-state index contributed by atoms with van der Waals surface area (Å²) in [6.07, 6.45) is 6.12. The van der Waals surface area contributed by atoms with Crippen LogP contribution in [0.25, 0.3) is 11.1 Å². The van der Waals surface area contributed by atoms with E-state index in [0.717, 1.165) is 56.5 Å². The molecule has 7 nitrogen and oxygen atoms in total. The van der Waals surface area contributed by atoms with Gasteiger partial charge in [0.05, 0.1) is 16.6 Å². The largest absolute Gasteiger partial charge is 0.355 e. The monoisotopic (exact) mass is 368 g/mol. The Morgan fingerprint density at radius 3 is 2.70 bits per heavy atom. The highest BCUT2D eigenvalue weighted by Crippen LogP contribution is 2.42. The van der Waals surface area contributed by atoms with Gasteiger partial charge in [0, 0.05) is 43.6 Å². The molecule has 2 amide bonds. The molecular weight excluding hydrogens is 344 g/mol. The van der Waals surface area contributed by atoms with Gasteiger partial charge in [-0.15, -0.1) is 0 Å². The fourth-order valence-electron chi connectivity index (χ4n) is 4.16. The molecule has 0 spiro atoms. The summed E-state index contributed by atoms with van der Waals surface area (Å²) in [6.45, 7) is 1.46. The van der Waals surface area contributed by atoms with E-state index < -0.39 is 0 Å². The number of carbonyl (C=O) groups excluding carboxylic acids is 2. The summed E-state index contributed by atoms with van der Waals surface area (Å²) < 4.78 is 5.57. The van der Waals surface area contributed by atoms with Gasteiger partial charge in [0.15, 0.2) is 0 Å². The Bertz CT molecular complexity index is 913. The molecule has 0 bridgehead atoms. The summed E-state index contributed by atoms with van der Waals surface area (Å²) >= 11 is 0. The topological polar surface area (TPSA) is 88.3 Å². The number of nitrogens with one attached hydrogen (secondary N) is 1. The summed E-state index contributed by atoms with van der Waals surface area (Å²) in [7, 11) is 1.63. The highest BCUT2D eigenvalue weighted by atomic mass is 16.5. The average Bonchev–Trinajstić information content (AvgIpc) is 3.62. The van der Waals surface area contributed by atoms with E-state index in [-0.39, 0.29) is 23.7 Å². The molecule has 1 aliphatic heterocycles. The van der Waals surface area contributed by atoms with E-state index in [1.54, 1.807) is 7.05 Å². The first-order valence-corrected chi connectivity index (χ1v) is 9.96. The normalized spacial score (nSPS) is 22.9. The van der Waals surface area contributed by atoms with E-state index >= 15 is 0 Å². The van der Waals surface area contributed by atoms with Crippen LogP contribution in [-0.4, -0.2) is 47.0 Å². The predicted octanol–water partition coefficient (Wildman–Crippen LogP) is 2.58. The second kappa shape index (κ2) is 6.32. The second-order valence-corrected chi connectivity index (χ2v) is 8.09. The summed E-state index contributed by atoms with van der Waals surface area (Å²) in [5, 5.41) is 7.76. The Morgan fingerprint density at radius 2 is 2.00 bits per heavy atom. The van der Waals surface area contributed by atoms with Crippen LogP contribution < -0.4 is 5.32 Å². The first-order chi connectivity index (χ1) is 13.2. The van der Waals surface area contributed by atoms with Crippen molar-refractivity contribution >= 4 is 22.9 Å². The molecule has 2 aliphatic carbocycles. The molecule has 142 valence electrons. The molecule has 7 heteroatoms. The molecule has 1 unspecified atom stereocenters. The van der Waals surface area contributed by atoms with Crippen LogP contribution in [0.3, 0.4) is 0 Å². The molecule has 1 atom stereocenters. The lowest BCUT2D eigenvalue weighted by Crippen LogP contribution is -2.40. The second-order valence-electron chi connectivity index (χ2n) is 8.09. The molecule has 3 fully saturated rings. The third-order valence-electron chi connectivity index (χ3n) is 6.01. The van der Waals surface area contributed by atoms with Crippen LogP contribution >= 0.6 is 0 Å². The highest BCUT2D eigenvalue weighted by Gasteiger charge is 2.37. The number of pyridine rings is 1. The van der Waals surface area contributed by atoms with E-state index in [2.05, 4.69) is 15.5 Å². The Balaban J connectivity index is 1.52. The summed E-state index contributed by atoms with van der Waals surface area (Å²) in [5.41, 5.74) is 2.72. The lowest BCUT2D eigenvalue weighted by molar-refractivity contribution is -0.133. The van der Waals surface area contributed by atoms with Crippen LogP contribution in [0.15, 0.2) is 10.6 Å². The average molecular weight is 368 g/mol. The van der Waals surface area contributed by atoms with Gasteiger partial charge in [0.1, 0.15) is 0 Å². The van der Waals surface area contributed by atoms with E-state index in [0.29, 0.717) is 29.1 Å². The van der Waals surface area contributed by atoms with Crippen LogP contribution in [0, 0.1) is 5.92 Å². The fraction of sp³-hybridized carbons (Fsp3) is 0.600. The van der Waals surface area contributed by atoms with E-state index in [4.69, 9.17) is 4.52 Å². The molecule has 2 aromatic heterocycles. The molecule has 3 heterocycles. The van der Waals surface area contributed by atoms with Crippen molar-refractivity contribution < 1.29 is 14.1 Å². The van der Waals surface area contributed by atoms with E-state index in [1.807, 2.05) is 11.0 Å². The highest BCUT2D eigenvalue weighted by molar-refractivity contribution is 6.06. The number of fused-ring (bicyclic) bond motifs is 1. The van der Waals surface area contributed by atoms with Crippen molar-refractivity contribution in [1.82, 2.24) is 20.4 Å². The SMILES string of the molecule is CNC(=O)c1cc(C2CC2)nc2onc(C3CCCN(C(=O)C4CC4)C3)c12. The maximum atomic E-state index is 12.6. The number of hydrogen-bond donors (Lipinski definition) is 1. The number of aromatic nitrogens is 2. The molecular formula is C20H24N4O3. The maximum Gasteiger partial charge on any atom is 0.259 e. The van der Waals surface area contributed by atoms with Gasteiger partial charge in [0.2, 0.25) is 5.91 Å². The van der Waals surface area contributed by atoms with Gasteiger partial charge >= 0.3 is 0 Å². The van der Waals surface area contributed by atoms with E-state index in [1.165, 1.54) is 0 Å². The molecule has 0 radical (unpaired) electrons. The number of piperidine rings is 1. The van der Waals surface area contributed by atoms with Crippen LogP contribution in [0.1, 0.15) is 72.1 Å². The molecule has 1 saturated heterocycles. The van der Waals surface area contributed by atoms with Crippen LogP contribution in [0.2, 0.25) is 0 Å². The first kappa shape index (κ1) is 16.7. The number of nitrogens with zero attached hydrogens (tertiary/aromatic N) is 3. The molecule has 27 heavy (non-hydrogen) atoms. The third-order valence-corrected chi connectivity index (χ3v) is 6.01. The fourth-order valence-corrected chi connectivity index (χ4v) is 4.16. The van der Waals surface area contributed by atoms with Crippen molar-refractivity contribution in [2.24, 2.45) is 5.92 Å². The third kappa shape index (κ3) is 2.99. The maximum absolute atomic E-state index is 12.6. The van der Waals surface area contributed by atoms with Crippen molar-refractivity contribution in [2.75, 3.05) is 20.1 Å². The molecule has 2 aromatic rings. The summed E-state index contributed by atoms with van der Waals surface area (Å²) in [4.78, 5) is 31.6. The summed E-state index contributed by atoms with van der Waals surface area (Å²) in [5.74, 6) is 0.859. The zero-order valence-electron chi connectivity index (χ0n) is 15.5. The first-order valence-electron chi connectivity index (χ1n) is 9.96. The zero-order valence-corrected chi connectivity index (χ0v) is 15.5. The minimum atomic E-state index is -0.143. The van der Waals surface area contributed by atoms with Gasteiger partial charge in [-0.05, 0) is 44.6 Å². The molecule has 1 N–H and O–H groups in total.